The highest BCUT2D eigenvalue weighted by molar-refractivity contribution is 5.79. The Morgan fingerprint density at radius 1 is 1.17 bits per heavy atom. The lowest BCUT2D eigenvalue weighted by molar-refractivity contribution is 0.622. The van der Waals surface area contributed by atoms with Crippen LogP contribution >= 0.6 is 0 Å². The molecule has 5 heteroatoms. The number of halogens is 1. The molecule has 0 saturated heterocycles. The predicted octanol–water partition coefficient (Wildman–Crippen LogP) is 2.91. The third-order valence-corrected chi connectivity index (χ3v) is 4.52. The van der Waals surface area contributed by atoms with Crippen molar-refractivity contribution in [1.29, 1.82) is 0 Å². The second-order valence-electron chi connectivity index (χ2n) is 6.33. The molecule has 1 heterocycles. The highest BCUT2D eigenvalue weighted by Gasteiger charge is 2.44. The van der Waals surface area contributed by atoms with Crippen molar-refractivity contribution in [2.75, 3.05) is 19.6 Å². The second kappa shape index (κ2) is 7.51. The van der Waals surface area contributed by atoms with Crippen LogP contribution in [-0.4, -0.2) is 30.2 Å². The van der Waals surface area contributed by atoms with Crippen molar-refractivity contribution in [3.05, 3.63) is 60.2 Å². The SMILES string of the molecule is CCNC(=NCC1(c2ccc(F)cc2)CC1)NCCn1cccc1. The summed E-state index contributed by atoms with van der Waals surface area (Å²) in [6, 6.07) is 10.9. The maximum Gasteiger partial charge on any atom is 0.191 e. The first kappa shape index (κ1) is 16.6. The number of guanidine groups is 1. The Balaban J connectivity index is 1.57. The Bertz CT molecular complexity index is 657. The van der Waals surface area contributed by atoms with Gasteiger partial charge in [0.05, 0.1) is 6.54 Å². The van der Waals surface area contributed by atoms with Gasteiger partial charge in [0.15, 0.2) is 5.96 Å². The van der Waals surface area contributed by atoms with Crippen LogP contribution in [0.5, 0.6) is 0 Å². The zero-order valence-corrected chi connectivity index (χ0v) is 14.1. The molecule has 4 nitrogen and oxygen atoms in total. The van der Waals surface area contributed by atoms with Crippen molar-refractivity contribution in [2.24, 2.45) is 4.99 Å². The molecule has 0 unspecified atom stereocenters. The fraction of sp³-hybridized carbons (Fsp3) is 0.421. The molecule has 1 fully saturated rings. The van der Waals surface area contributed by atoms with Crippen LogP contribution in [0.3, 0.4) is 0 Å². The van der Waals surface area contributed by atoms with Gasteiger partial charge in [-0.25, -0.2) is 4.39 Å². The maximum absolute atomic E-state index is 13.1. The number of nitrogens with zero attached hydrogens (tertiary/aromatic N) is 2. The Morgan fingerprint density at radius 2 is 1.88 bits per heavy atom. The van der Waals surface area contributed by atoms with Crippen molar-refractivity contribution in [3.63, 3.8) is 0 Å². The highest BCUT2D eigenvalue weighted by Crippen LogP contribution is 2.48. The first-order valence-electron chi connectivity index (χ1n) is 8.61. The fourth-order valence-corrected chi connectivity index (χ4v) is 2.89. The van der Waals surface area contributed by atoms with E-state index in [1.54, 1.807) is 12.1 Å². The van der Waals surface area contributed by atoms with Gasteiger partial charge in [-0.05, 0) is 49.6 Å². The third kappa shape index (κ3) is 4.16. The summed E-state index contributed by atoms with van der Waals surface area (Å²) in [5.74, 6) is 0.663. The molecule has 0 amide bonds. The highest BCUT2D eigenvalue weighted by atomic mass is 19.1. The van der Waals surface area contributed by atoms with E-state index in [1.807, 2.05) is 24.3 Å². The first-order valence-corrected chi connectivity index (χ1v) is 8.61. The minimum Gasteiger partial charge on any atom is -0.357 e. The van der Waals surface area contributed by atoms with Crippen LogP contribution in [0, 0.1) is 5.82 Å². The monoisotopic (exact) mass is 328 g/mol. The van der Waals surface area contributed by atoms with Crippen LogP contribution in [0.25, 0.3) is 0 Å². The zero-order valence-electron chi connectivity index (χ0n) is 14.1. The molecule has 1 aliphatic rings. The van der Waals surface area contributed by atoms with Crippen LogP contribution in [0.1, 0.15) is 25.3 Å². The summed E-state index contributed by atoms with van der Waals surface area (Å²) in [6.45, 7) is 5.36. The number of nitrogens with one attached hydrogen (secondary N) is 2. The van der Waals surface area contributed by atoms with Gasteiger partial charge in [-0.15, -0.1) is 0 Å². The molecular weight excluding hydrogens is 303 g/mol. The third-order valence-electron chi connectivity index (χ3n) is 4.52. The average molecular weight is 328 g/mol. The van der Waals surface area contributed by atoms with Gasteiger partial charge in [-0.1, -0.05) is 12.1 Å². The molecule has 1 aromatic carbocycles. The maximum atomic E-state index is 13.1. The van der Waals surface area contributed by atoms with Crippen LogP contribution in [0.2, 0.25) is 0 Å². The number of aromatic nitrogens is 1. The average Bonchev–Trinajstić information content (AvgIpc) is 3.20. The van der Waals surface area contributed by atoms with Gasteiger partial charge in [0, 0.05) is 37.4 Å². The van der Waals surface area contributed by atoms with Gasteiger partial charge in [-0.2, -0.15) is 0 Å². The van der Waals surface area contributed by atoms with E-state index in [2.05, 4.69) is 34.5 Å². The van der Waals surface area contributed by atoms with Crippen molar-refractivity contribution < 1.29 is 4.39 Å². The molecule has 2 N–H and O–H groups in total. The van der Waals surface area contributed by atoms with Gasteiger partial charge >= 0.3 is 0 Å². The number of rotatable bonds is 7. The van der Waals surface area contributed by atoms with E-state index in [1.165, 1.54) is 5.56 Å². The quantitative estimate of drug-likeness (QED) is 0.606. The normalized spacial score (nSPS) is 16.0. The molecule has 24 heavy (non-hydrogen) atoms. The summed E-state index contributed by atoms with van der Waals surface area (Å²) in [5, 5.41) is 6.67. The Hall–Kier alpha value is -2.30. The van der Waals surface area contributed by atoms with E-state index in [4.69, 9.17) is 4.99 Å². The van der Waals surface area contributed by atoms with Crippen molar-refractivity contribution in [3.8, 4) is 0 Å². The summed E-state index contributed by atoms with van der Waals surface area (Å²) in [7, 11) is 0. The van der Waals surface area contributed by atoms with Crippen LogP contribution in [-0.2, 0) is 12.0 Å². The smallest absolute Gasteiger partial charge is 0.191 e. The summed E-state index contributed by atoms with van der Waals surface area (Å²) >= 11 is 0. The van der Waals surface area contributed by atoms with Crippen molar-refractivity contribution in [2.45, 2.75) is 31.7 Å². The predicted molar refractivity (Wildman–Crippen MR) is 95.7 cm³/mol. The lowest BCUT2D eigenvalue weighted by Gasteiger charge is -2.16. The molecule has 0 aliphatic heterocycles. The van der Waals surface area contributed by atoms with E-state index < -0.39 is 0 Å². The number of benzene rings is 1. The molecule has 1 saturated carbocycles. The van der Waals surface area contributed by atoms with Crippen molar-refractivity contribution >= 4 is 5.96 Å². The minimum absolute atomic E-state index is 0.0937. The van der Waals surface area contributed by atoms with E-state index in [-0.39, 0.29) is 11.2 Å². The summed E-state index contributed by atoms with van der Waals surface area (Å²) in [5.41, 5.74) is 1.28. The van der Waals surface area contributed by atoms with E-state index in [0.29, 0.717) is 0 Å². The lowest BCUT2D eigenvalue weighted by atomic mass is 9.96. The van der Waals surface area contributed by atoms with Gasteiger partial charge in [0.2, 0.25) is 0 Å². The molecule has 0 atom stereocenters. The topological polar surface area (TPSA) is 41.4 Å². The van der Waals surface area contributed by atoms with Crippen LogP contribution in [0.4, 0.5) is 4.39 Å². The van der Waals surface area contributed by atoms with Crippen molar-refractivity contribution in [1.82, 2.24) is 15.2 Å². The molecule has 0 bridgehead atoms. The number of hydrogen-bond acceptors (Lipinski definition) is 1. The Kier molecular flexibility index (Phi) is 5.18. The molecule has 2 aromatic rings. The number of aliphatic imine (C=N–C) groups is 1. The summed E-state index contributed by atoms with van der Waals surface area (Å²) < 4.78 is 15.3. The Labute approximate surface area is 142 Å². The first-order chi connectivity index (χ1) is 11.7. The molecule has 1 aromatic heterocycles. The van der Waals surface area contributed by atoms with E-state index >= 15 is 0 Å². The van der Waals surface area contributed by atoms with Crippen LogP contribution in [0.15, 0.2) is 53.8 Å². The molecule has 0 radical (unpaired) electrons. The van der Waals surface area contributed by atoms with Gasteiger partial charge < -0.3 is 15.2 Å². The molecular formula is C19H25FN4. The summed E-state index contributed by atoms with van der Waals surface area (Å²) in [4.78, 5) is 4.76. The second-order valence-corrected chi connectivity index (χ2v) is 6.33. The largest absolute Gasteiger partial charge is 0.357 e. The van der Waals surface area contributed by atoms with E-state index in [9.17, 15) is 4.39 Å². The fourth-order valence-electron chi connectivity index (χ4n) is 2.89. The standard InChI is InChI=1S/C19H25FN4/c1-2-21-18(22-11-14-24-12-3-4-13-24)23-15-19(9-10-19)16-5-7-17(20)8-6-16/h3-8,12-13H,2,9-11,14-15H2,1H3,(H2,21,22,23). The zero-order chi connectivity index (χ0) is 16.8. The van der Waals surface area contributed by atoms with Gasteiger partial charge in [0.25, 0.3) is 0 Å². The van der Waals surface area contributed by atoms with Crippen LogP contribution < -0.4 is 10.6 Å². The van der Waals surface area contributed by atoms with E-state index in [0.717, 1.165) is 45.0 Å². The molecule has 1 aliphatic carbocycles. The molecule has 128 valence electrons. The molecule has 3 rings (SSSR count). The van der Waals surface area contributed by atoms with Gasteiger partial charge in [-0.3, -0.25) is 4.99 Å². The minimum atomic E-state index is -0.182. The summed E-state index contributed by atoms with van der Waals surface area (Å²) in [6.07, 6.45) is 6.34. The van der Waals surface area contributed by atoms with Gasteiger partial charge in [0.1, 0.15) is 5.82 Å². The lowest BCUT2D eigenvalue weighted by Crippen LogP contribution is -2.39. The Morgan fingerprint density at radius 3 is 2.50 bits per heavy atom. The molecule has 0 spiro atoms. The number of hydrogen-bond donors (Lipinski definition) is 2.